The Hall–Kier alpha value is -2.94. The third-order valence-corrected chi connectivity index (χ3v) is 5.81. The average Bonchev–Trinajstić information content (AvgIpc) is 2.83. The van der Waals surface area contributed by atoms with Gasteiger partial charge in [0, 0.05) is 27.2 Å². The largest absolute Gasteiger partial charge is 0.497 e. The maximum absolute atomic E-state index is 12.5. The van der Waals surface area contributed by atoms with Crippen LogP contribution in [0.1, 0.15) is 21.5 Å². The van der Waals surface area contributed by atoms with E-state index in [9.17, 15) is 4.79 Å². The van der Waals surface area contributed by atoms with Gasteiger partial charge in [-0.3, -0.25) is 4.79 Å². The highest BCUT2D eigenvalue weighted by atomic mass is 79.9. The van der Waals surface area contributed by atoms with Crippen molar-refractivity contribution in [1.82, 2.24) is 5.43 Å². The van der Waals surface area contributed by atoms with Gasteiger partial charge in [0.1, 0.15) is 18.1 Å². The molecule has 0 aromatic heterocycles. The third-order valence-electron chi connectivity index (χ3n) is 4.63. The topological polar surface area (TPSA) is 78.4 Å². The highest BCUT2D eigenvalue weighted by Crippen LogP contribution is 2.37. The van der Waals surface area contributed by atoms with Crippen LogP contribution in [0, 0.1) is 0 Å². The van der Waals surface area contributed by atoms with Crippen molar-refractivity contribution < 1.29 is 23.7 Å². The van der Waals surface area contributed by atoms with Gasteiger partial charge in [-0.1, -0.05) is 29.3 Å². The summed E-state index contributed by atoms with van der Waals surface area (Å²) in [4.78, 5) is 12.5. The number of ether oxygens (including phenoxy) is 4. The maximum Gasteiger partial charge on any atom is 0.271 e. The summed E-state index contributed by atoms with van der Waals surface area (Å²) in [7, 11) is 4.55. The summed E-state index contributed by atoms with van der Waals surface area (Å²) < 4.78 is 22.4. The minimum absolute atomic E-state index is 0.221. The number of carbonyl (C=O) groups excluding carboxylic acids is 1. The zero-order valence-electron chi connectivity index (χ0n) is 18.5. The van der Waals surface area contributed by atoms with Gasteiger partial charge in [-0.2, -0.15) is 5.10 Å². The molecule has 1 N–H and O–H groups in total. The molecule has 0 bridgehead atoms. The molecule has 0 heterocycles. The molecule has 0 spiro atoms. The van der Waals surface area contributed by atoms with E-state index < -0.39 is 5.91 Å². The Bertz CT molecular complexity index is 1200. The van der Waals surface area contributed by atoms with Gasteiger partial charge in [-0.25, -0.2) is 5.43 Å². The quantitative estimate of drug-likeness (QED) is 0.249. The summed E-state index contributed by atoms with van der Waals surface area (Å²) in [5, 5.41) is 5.09. The SMILES string of the molecule is COc1cc(OC)cc(C(=O)N/N=C\c2cc(Br)c(OCc3ccc(Cl)cc3Cl)c(OC)c2)c1. The fraction of sp³-hybridized carbons (Fsp3) is 0.167. The Morgan fingerprint density at radius 1 is 1.00 bits per heavy atom. The van der Waals surface area contributed by atoms with Crippen LogP contribution in [0.25, 0.3) is 0 Å². The van der Waals surface area contributed by atoms with E-state index in [2.05, 4.69) is 26.5 Å². The summed E-state index contributed by atoms with van der Waals surface area (Å²) in [5.74, 6) is 1.55. The zero-order chi connectivity index (χ0) is 24.7. The van der Waals surface area contributed by atoms with Gasteiger partial charge in [0.2, 0.25) is 0 Å². The molecule has 0 saturated heterocycles. The second kappa shape index (κ2) is 12.0. The molecule has 0 aliphatic carbocycles. The van der Waals surface area contributed by atoms with Crippen molar-refractivity contribution >= 4 is 51.3 Å². The number of halogens is 3. The van der Waals surface area contributed by atoms with Crippen molar-refractivity contribution in [3.63, 3.8) is 0 Å². The van der Waals surface area contributed by atoms with E-state index in [1.807, 2.05) is 0 Å². The Labute approximate surface area is 215 Å². The molecule has 1 amide bonds. The van der Waals surface area contributed by atoms with Crippen LogP contribution < -0.4 is 24.4 Å². The van der Waals surface area contributed by atoms with E-state index in [0.717, 1.165) is 5.56 Å². The average molecular weight is 568 g/mol. The molecule has 3 rings (SSSR count). The predicted octanol–water partition coefficient (Wildman–Crippen LogP) is 6.12. The second-order valence-corrected chi connectivity index (χ2v) is 8.56. The van der Waals surface area contributed by atoms with Gasteiger partial charge in [-0.05, 0) is 57.9 Å². The van der Waals surface area contributed by atoms with Gasteiger partial charge < -0.3 is 18.9 Å². The molecule has 0 radical (unpaired) electrons. The molecule has 3 aromatic carbocycles. The lowest BCUT2D eigenvalue weighted by molar-refractivity contribution is 0.0954. The van der Waals surface area contributed by atoms with Crippen LogP contribution in [0.3, 0.4) is 0 Å². The monoisotopic (exact) mass is 566 g/mol. The van der Waals surface area contributed by atoms with E-state index in [-0.39, 0.29) is 6.61 Å². The fourth-order valence-corrected chi connectivity index (χ4v) is 3.95. The molecule has 0 fully saturated rings. The van der Waals surface area contributed by atoms with Crippen LogP contribution in [0.5, 0.6) is 23.0 Å². The smallest absolute Gasteiger partial charge is 0.271 e. The minimum atomic E-state index is -0.417. The van der Waals surface area contributed by atoms with Crippen molar-refractivity contribution in [3.8, 4) is 23.0 Å². The van der Waals surface area contributed by atoms with Gasteiger partial charge in [0.15, 0.2) is 11.5 Å². The van der Waals surface area contributed by atoms with Crippen LogP contribution in [0.2, 0.25) is 10.0 Å². The first-order chi connectivity index (χ1) is 16.3. The normalized spacial score (nSPS) is 10.8. The van der Waals surface area contributed by atoms with E-state index in [1.165, 1.54) is 27.5 Å². The number of rotatable bonds is 9. The van der Waals surface area contributed by atoms with Crippen molar-refractivity contribution in [2.75, 3.05) is 21.3 Å². The molecule has 3 aromatic rings. The number of hydrogen-bond donors (Lipinski definition) is 1. The lowest BCUT2D eigenvalue weighted by Gasteiger charge is -2.14. The van der Waals surface area contributed by atoms with Gasteiger partial charge >= 0.3 is 0 Å². The second-order valence-electron chi connectivity index (χ2n) is 6.86. The number of carbonyl (C=O) groups is 1. The summed E-state index contributed by atoms with van der Waals surface area (Å²) >= 11 is 15.7. The Balaban J connectivity index is 1.72. The Morgan fingerprint density at radius 3 is 2.32 bits per heavy atom. The lowest BCUT2D eigenvalue weighted by atomic mass is 10.2. The van der Waals surface area contributed by atoms with Crippen LogP contribution in [0.15, 0.2) is 58.1 Å². The summed E-state index contributed by atoms with van der Waals surface area (Å²) in [6.45, 7) is 0.221. The molecule has 0 saturated carbocycles. The molecule has 0 atom stereocenters. The highest BCUT2D eigenvalue weighted by molar-refractivity contribution is 9.10. The van der Waals surface area contributed by atoms with Crippen molar-refractivity contribution in [3.05, 3.63) is 79.7 Å². The molecule has 7 nitrogen and oxygen atoms in total. The van der Waals surface area contributed by atoms with Crippen LogP contribution in [-0.2, 0) is 6.61 Å². The first-order valence-electron chi connectivity index (χ1n) is 9.85. The minimum Gasteiger partial charge on any atom is -0.497 e. The van der Waals surface area contributed by atoms with E-state index in [1.54, 1.807) is 48.5 Å². The first-order valence-corrected chi connectivity index (χ1v) is 11.4. The van der Waals surface area contributed by atoms with Crippen LogP contribution >= 0.6 is 39.1 Å². The van der Waals surface area contributed by atoms with E-state index in [4.69, 9.17) is 42.1 Å². The molecular formula is C24H21BrCl2N2O5. The molecule has 178 valence electrons. The van der Waals surface area contributed by atoms with Crippen molar-refractivity contribution in [2.45, 2.75) is 6.61 Å². The summed E-state index contributed by atoms with van der Waals surface area (Å²) in [6.07, 6.45) is 1.49. The fourth-order valence-electron chi connectivity index (χ4n) is 2.91. The van der Waals surface area contributed by atoms with Gasteiger partial charge in [0.25, 0.3) is 5.91 Å². The van der Waals surface area contributed by atoms with Crippen LogP contribution in [0.4, 0.5) is 0 Å². The Morgan fingerprint density at radius 2 is 1.71 bits per heavy atom. The van der Waals surface area contributed by atoms with E-state index >= 15 is 0 Å². The number of amides is 1. The standard InChI is InChI=1S/C24H21BrCl2N2O5/c1-31-18-8-16(9-19(11-18)32-2)24(30)29-28-12-14-6-20(25)23(22(7-14)33-3)34-13-15-4-5-17(26)10-21(15)27/h4-12H,13H2,1-3H3,(H,29,30)/b28-12-. The predicted molar refractivity (Wildman–Crippen MR) is 136 cm³/mol. The summed E-state index contributed by atoms with van der Waals surface area (Å²) in [5.41, 5.74) is 4.28. The molecule has 0 aliphatic heterocycles. The van der Waals surface area contributed by atoms with Gasteiger partial charge in [-0.15, -0.1) is 0 Å². The number of nitrogens with one attached hydrogen (secondary N) is 1. The number of hydrazone groups is 1. The third kappa shape index (κ3) is 6.56. The maximum atomic E-state index is 12.5. The molecule has 10 heteroatoms. The molecule has 0 unspecified atom stereocenters. The zero-order valence-corrected chi connectivity index (χ0v) is 21.6. The van der Waals surface area contributed by atoms with Crippen LogP contribution in [-0.4, -0.2) is 33.5 Å². The molecular weight excluding hydrogens is 547 g/mol. The van der Waals surface area contributed by atoms with Crippen molar-refractivity contribution in [1.29, 1.82) is 0 Å². The number of benzene rings is 3. The van der Waals surface area contributed by atoms with Crippen molar-refractivity contribution in [2.24, 2.45) is 5.10 Å². The number of methoxy groups -OCH3 is 3. The summed E-state index contributed by atoms with van der Waals surface area (Å²) in [6, 6.07) is 13.6. The molecule has 34 heavy (non-hydrogen) atoms. The lowest BCUT2D eigenvalue weighted by Crippen LogP contribution is -2.17. The first kappa shape index (κ1) is 25.7. The Kier molecular flexibility index (Phi) is 9.04. The highest BCUT2D eigenvalue weighted by Gasteiger charge is 2.13. The van der Waals surface area contributed by atoms with E-state index in [0.29, 0.717) is 48.6 Å². The number of nitrogens with zero attached hydrogens (tertiary/aromatic N) is 1. The van der Waals surface area contributed by atoms with Gasteiger partial charge in [0.05, 0.1) is 32.0 Å². The number of hydrogen-bond acceptors (Lipinski definition) is 6. The molecule has 0 aliphatic rings.